The Morgan fingerprint density at radius 2 is 1.94 bits per heavy atom. The molecule has 0 saturated heterocycles. The molecular formula is C22H21N5O5. The van der Waals surface area contributed by atoms with Crippen LogP contribution < -0.4 is 15.9 Å². The van der Waals surface area contributed by atoms with Gasteiger partial charge in [0.25, 0.3) is 5.91 Å². The highest BCUT2D eigenvalue weighted by Gasteiger charge is 2.20. The van der Waals surface area contributed by atoms with Gasteiger partial charge in [-0.25, -0.2) is 9.78 Å². The van der Waals surface area contributed by atoms with Crippen molar-refractivity contribution in [3.63, 3.8) is 0 Å². The van der Waals surface area contributed by atoms with Crippen LogP contribution in [0.25, 0.3) is 28.5 Å². The summed E-state index contributed by atoms with van der Waals surface area (Å²) in [5.41, 5.74) is 8.11. The van der Waals surface area contributed by atoms with Crippen LogP contribution in [-0.2, 0) is 14.3 Å². The van der Waals surface area contributed by atoms with Gasteiger partial charge in [0, 0.05) is 34.9 Å². The lowest BCUT2D eigenvalue weighted by molar-refractivity contribution is -0.140. The third-order valence-corrected chi connectivity index (χ3v) is 4.75. The highest BCUT2D eigenvalue weighted by molar-refractivity contribution is 6.06. The minimum Gasteiger partial charge on any atom is -0.469 e. The Hall–Kier alpha value is -4.43. The molecule has 2 aromatic carbocycles. The molecule has 0 bridgehead atoms. The number of rotatable bonds is 8. The number of carbonyl (C=O) groups is 2. The van der Waals surface area contributed by atoms with Gasteiger partial charge in [0.1, 0.15) is 29.9 Å². The second kappa shape index (κ2) is 9.59. The highest BCUT2D eigenvalue weighted by Crippen LogP contribution is 2.29. The van der Waals surface area contributed by atoms with E-state index in [0.717, 1.165) is 6.08 Å². The number of esters is 1. The van der Waals surface area contributed by atoms with Crippen LogP contribution in [-0.4, -0.2) is 54.1 Å². The standard InChI is InChI=1S/C22H21N5O5/c1-31-18(29)9-11-25-22(30)16-7-8-17-19(15(16)10-12-28)26-21(27(17)32-2)14-5-3-13(4-6-14)20(23)24/h3-8,10H,9,11H2,1-2H3,(H3,23,24)(H,25,30). The summed E-state index contributed by atoms with van der Waals surface area (Å²) < 4.78 is 6.03. The fourth-order valence-electron chi connectivity index (χ4n) is 3.19. The smallest absolute Gasteiger partial charge is 0.307 e. The van der Waals surface area contributed by atoms with E-state index in [4.69, 9.17) is 16.0 Å². The van der Waals surface area contributed by atoms with Crippen molar-refractivity contribution >= 4 is 40.8 Å². The number of imidazole rings is 1. The Morgan fingerprint density at radius 1 is 1.22 bits per heavy atom. The van der Waals surface area contributed by atoms with E-state index in [1.807, 2.05) is 0 Å². The van der Waals surface area contributed by atoms with Gasteiger partial charge in [-0.1, -0.05) is 24.3 Å². The van der Waals surface area contributed by atoms with Crippen molar-refractivity contribution in [2.75, 3.05) is 20.8 Å². The van der Waals surface area contributed by atoms with E-state index in [1.165, 1.54) is 19.0 Å². The number of hydrogen-bond donors (Lipinski definition) is 3. The maximum absolute atomic E-state index is 12.7. The van der Waals surface area contributed by atoms with Crippen LogP contribution in [0.5, 0.6) is 0 Å². The summed E-state index contributed by atoms with van der Waals surface area (Å²) in [4.78, 5) is 45.2. The first kappa shape index (κ1) is 22.3. The molecule has 0 spiro atoms. The van der Waals surface area contributed by atoms with E-state index >= 15 is 0 Å². The quantitative estimate of drug-likeness (QED) is 0.208. The Labute approximate surface area is 183 Å². The SMILES string of the molecule is COC(=O)CCNC(=O)c1ccc2c(nc(-c3ccc(C(=N)N)cc3)n2OC)c1C=C=O. The van der Waals surface area contributed by atoms with Crippen LogP contribution in [0.15, 0.2) is 36.4 Å². The molecule has 1 heterocycles. The lowest BCUT2D eigenvalue weighted by Crippen LogP contribution is -2.27. The number of carbonyl (C=O) groups excluding carboxylic acids is 3. The summed E-state index contributed by atoms with van der Waals surface area (Å²) in [6, 6.07) is 10.0. The van der Waals surface area contributed by atoms with Crippen molar-refractivity contribution in [2.45, 2.75) is 6.42 Å². The summed E-state index contributed by atoms with van der Waals surface area (Å²) >= 11 is 0. The van der Waals surface area contributed by atoms with Crippen LogP contribution in [0, 0.1) is 5.41 Å². The van der Waals surface area contributed by atoms with Gasteiger partial charge in [-0.2, -0.15) is 4.73 Å². The van der Waals surface area contributed by atoms with Crippen LogP contribution in [0.1, 0.15) is 27.9 Å². The van der Waals surface area contributed by atoms with Crippen LogP contribution in [0.4, 0.5) is 0 Å². The predicted octanol–water partition coefficient (Wildman–Crippen LogP) is 1.18. The van der Waals surface area contributed by atoms with E-state index in [0.29, 0.717) is 28.0 Å². The fraction of sp³-hybridized carbons (Fsp3) is 0.182. The zero-order valence-corrected chi connectivity index (χ0v) is 17.5. The van der Waals surface area contributed by atoms with Crippen molar-refractivity contribution in [2.24, 2.45) is 5.73 Å². The molecule has 0 unspecified atom stereocenters. The lowest BCUT2D eigenvalue weighted by Gasteiger charge is -2.09. The summed E-state index contributed by atoms with van der Waals surface area (Å²) in [7, 11) is 2.74. The topological polar surface area (TPSA) is 149 Å². The van der Waals surface area contributed by atoms with Gasteiger partial charge in [-0.15, -0.1) is 0 Å². The van der Waals surface area contributed by atoms with Crippen LogP contribution >= 0.6 is 0 Å². The maximum Gasteiger partial charge on any atom is 0.307 e. The first-order valence-corrected chi connectivity index (χ1v) is 9.52. The molecule has 0 atom stereocenters. The summed E-state index contributed by atoms with van der Waals surface area (Å²) in [5.74, 6) is 1.15. The number of aromatic nitrogens is 2. The molecule has 0 saturated carbocycles. The molecule has 10 heteroatoms. The van der Waals surface area contributed by atoms with Crippen molar-refractivity contribution in [1.29, 1.82) is 5.41 Å². The van der Waals surface area contributed by atoms with Crippen molar-refractivity contribution in [3.8, 4) is 11.4 Å². The van der Waals surface area contributed by atoms with Crippen LogP contribution in [0.3, 0.4) is 0 Å². The average molecular weight is 435 g/mol. The number of methoxy groups -OCH3 is 1. The Bertz CT molecular complexity index is 1240. The number of fused-ring (bicyclic) bond motifs is 1. The van der Waals surface area contributed by atoms with Gasteiger partial charge in [0.05, 0.1) is 13.5 Å². The molecular weight excluding hydrogens is 414 g/mol. The fourth-order valence-corrected chi connectivity index (χ4v) is 3.19. The molecule has 1 amide bonds. The van der Waals surface area contributed by atoms with E-state index < -0.39 is 11.9 Å². The Balaban J connectivity index is 2.07. The Morgan fingerprint density at radius 3 is 2.53 bits per heavy atom. The number of nitrogens with two attached hydrogens (primary N) is 1. The number of amidine groups is 1. The molecule has 32 heavy (non-hydrogen) atoms. The molecule has 0 radical (unpaired) electrons. The van der Waals surface area contributed by atoms with Gasteiger partial charge in [-0.05, 0) is 12.1 Å². The first-order valence-electron chi connectivity index (χ1n) is 9.52. The van der Waals surface area contributed by atoms with Gasteiger partial charge < -0.3 is 20.6 Å². The number of nitrogens with one attached hydrogen (secondary N) is 2. The zero-order chi connectivity index (χ0) is 23.3. The molecule has 10 nitrogen and oxygen atoms in total. The average Bonchev–Trinajstić information content (AvgIpc) is 3.18. The third-order valence-electron chi connectivity index (χ3n) is 4.75. The van der Waals surface area contributed by atoms with E-state index in [9.17, 15) is 14.4 Å². The molecule has 0 aliphatic carbocycles. The van der Waals surface area contributed by atoms with Gasteiger partial charge >= 0.3 is 5.97 Å². The molecule has 0 aliphatic heterocycles. The number of hydrogen-bond acceptors (Lipinski definition) is 7. The second-order valence-electron chi connectivity index (χ2n) is 6.64. The van der Waals surface area contributed by atoms with Crippen molar-refractivity contribution in [1.82, 2.24) is 15.0 Å². The molecule has 164 valence electrons. The zero-order valence-electron chi connectivity index (χ0n) is 17.5. The van der Waals surface area contributed by atoms with Crippen LogP contribution in [0.2, 0.25) is 0 Å². The normalized spacial score (nSPS) is 10.3. The molecule has 3 rings (SSSR count). The maximum atomic E-state index is 12.7. The third kappa shape index (κ3) is 4.35. The number of nitrogen functional groups attached to an aromatic ring is 1. The largest absolute Gasteiger partial charge is 0.469 e. The number of amides is 1. The minimum absolute atomic E-state index is 0.0159. The molecule has 1 aromatic heterocycles. The van der Waals surface area contributed by atoms with Gasteiger partial charge in [0.15, 0.2) is 5.82 Å². The van der Waals surface area contributed by atoms with Gasteiger partial charge in [-0.3, -0.25) is 15.0 Å². The number of benzene rings is 2. The highest BCUT2D eigenvalue weighted by atomic mass is 16.6. The van der Waals surface area contributed by atoms with E-state index in [2.05, 4.69) is 15.0 Å². The molecule has 0 aliphatic rings. The number of ether oxygens (including phenoxy) is 1. The lowest BCUT2D eigenvalue weighted by atomic mass is 10.0. The second-order valence-corrected chi connectivity index (χ2v) is 6.64. The Kier molecular flexibility index (Phi) is 6.67. The van der Waals surface area contributed by atoms with E-state index in [-0.39, 0.29) is 29.9 Å². The predicted molar refractivity (Wildman–Crippen MR) is 118 cm³/mol. The summed E-state index contributed by atoms with van der Waals surface area (Å²) in [6.45, 7) is 0.0774. The summed E-state index contributed by atoms with van der Waals surface area (Å²) in [5, 5.41) is 10.1. The molecule has 4 N–H and O–H groups in total. The van der Waals surface area contributed by atoms with E-state index in [1.54, 1.807) is 42.3 Å². The number of nitrogens with zero attached hydrogens (tertiary/aromatic N) is 2. The molecule has 3 aromatic rings. The monoisotopic (exact) mass is 435 g/mol. The first-order chi connectivity index (χ1) is 15.4. The molecule has 0 fully saturated rings. The summed E-state index contributed by atoms with van der Waals surface area (Å²) in [6.07, 6.45) is 1.15. The van der Waals surface area contributed by atoms with Crippen molar-refractivity contribution < 1.29 is 24.0 Å². The van der Waals surface area contributed by atoms with Gasteiger partial charge in [0.2, 0.25) is 0 Å². The van der Waals surface area contributed by atoms with Crippen molar-refractivity contribution in [3.05, 3.63) is 53.1 Å². The minimum atomic E-state index is -0.475.